The van der Waals surface area contributed by atoms with Gasteiger partial charge >= 0.3 is 5.69 Å². The minimum atomic E-state index is -1.29. The maximum absolute atomic E-state index is 14.0. The van der Waals surface area contributed by atoms with Gasteiger partial charge in [-0.3, -0.25) is 18.7 Å². The summed E-state index contributed by atoms with van der Waals surface area (Å²) in [6, 6.07) is 9.63. The van der Waals surface area contributed by atoms with E-state index in [0.29, 0.717) is 48.5 Å². The Morgan fingerprint density at radius 1 is 0.976 bits per heavy atom. The van der Waals surface area contributed by atoms with Crippen molar-refractivity contribution in [2.75, 3.05) is 33.5 Å². The van der Waals surface area contributed by atoms with E-state index in [1.54, 1.807) is 40.8 Å². The lowest BCUT2D eigenvalue weighted by Gasteiger charge is -2.31. The number of hydrogen-bond acceptors (Lipinski definition) is 6. The largest absolute Gasteiger partial charge is 0.493 e. The number of carbonyl (C=O) groups excluding carboxylic acids is 1. The molecule has 2 fully saturated rings. The predicted octanol–water partition coefficient (Wildman–Crippen LogP) is 4.02. The third-order valence-corrected chi connectivity index (χ3v) is 7.96. The van der Waals surface area contributed by atoms with Crippen molar-refractivity contribution in [2.45, 2.75) is 63.3 Å². The molecule has 2 aliphatic rings. The van der Waals surface area contributed by atoms with Gasteiger partial charge in [0.1, 0.15) is 19.1 Å². The van der Waals surface area contributed by atoms with Gasteiger partial charge in [-0.05, 0) is 74.4 Å². The Bertz CT molecular complexity index is 1490. The van der Waals surface area contributed by atoms with Gasteiger partial charge in [0.15, 0.2) is 17.6 Å². The molecule has 9 nitrogen and oxygen atoms in total. The predicted molar refractivity (Wildman–Crippen MR) is 150 cm³/mol. The molecule has 1 amide bonds. The maximum Gasteiger partial charge on any atom is 0.332 e. The molecule has 0 unspecified atom stereocenters. The Labute approximate surface area is 236 Å². The van der Waals surface area contributed by atoms with E-state index in [0.717, 1.165) is 32.1 Å². The van der Waals surface area contributed by atoms with Gasteiger partial charge in [0.25, 0.3) is 5.56 Å². The van der Waals surface area contributed by atoms with Crippen molar-refractivity contribution in [1.82, 2.24) is 14.0 Å². The Hall–Kier alpha value is -3.89. The van der Waals surface area contributed by atoms with Gasteiger partial charge < -0.3 is 19.1 Å². The number of amides is 1. The summed E-state index contributed by atoms with van der Waals surface area (Å²) in [5.74, 6) is 1.27. The normalized spacial score (nSPS) is 16.4. The van der Waals surface area contributed by atoms with Gasteiger partial charge in [0, 0.05) is 19.1 Å². The van der Waals surface area contributed by atoms with E-state index in [4.69, 9.17) is 14.2 Å². The Kier molecular flexibility index (Phi) is 8.90. The summed E-state index contributed by atoms with van der Waals surface area (Å²) in [4.78, 5) is 40.7. The molecule has 1 saturated heterocycles. The Balaban J connectivity index is 1.58. The van der Waals surface area contributed by atoms with E-state index in [1.807, 2.05) is 0 Å². The number of methoxy groups -OCH3 is 1. The SMILES string of the molecule is COc1ccc(Cn2c(=O)c3cc(OC(CF)CF)ccc3n(C3CCN(C=O)CC3)c2=O)cc1OC1CCCC1. The fourth-order valence-electron chi connectivity index (χ4n) is 5.75. The minimum absolute atomic E-state index is 0.0194. The number of fused-ring (bicyclic) bond motifs is 1. The van der Waals surface area contributed by atoms with Crippen LogP contribution in [0.5, 0.6) is 17.2 Å². The summed E-state index contributed by atoms with van der Waals surface area (Å²) in [6.07, 6.45) is 4.81. The second-order valence-corrected chi connectivity index (χ2v) is 10.7. The molecule has 3 aromatic rings. The van der Waals surface area contributed by atoms with Crippen LogP contribution in [0.4, 0.5) is 8.78 Å². The topological polar surface area (TPSA) is 92.0 Å². The number of hydrogen-bond donors (Lipinski definition) is 0. The van der Waals surface area contributed by atoms with Crippen LogP contribution in [-0.2, 0) is 11.3 Å². The van der Waals surface area contributed by atoms with E-state index < -0.39 is 30.7 Å². The fraction of sp³-hybridized carbons (Fsp3) is 0.500. The molecule has 2 aromatic carbocycles. The van der Waals surface area contributed by atoms with Crippen LogP contribution in [0.3, 0.4) is 0 Å². The van der Waals surface area contributed by atoms with Gasteiger partial charge in [-0.15, -0.1) is 0 Å². The molecule has 0 bridgehead atoms. The summed E-state index contributed by atoms with van der Waals surface area (Å²) in [7, 11) is 1.56. The molecule has 1 aromatic heterocycles. The van der Waals surface area contributed by atoms with Crippen molar-refractivity contribution in [3.8, 4) is 17.2 Å². The highest BCUT2D eigenvalue weighted by Gasteiger charge is 2.25. The van der Waals surface area contributed by atoms with Gasteiger partial charge in [0.2, 0.25) is 6.41 Å². The first-order chi connectivity index (χ1) is 19.9. The quantitative estimate of drug-likeness (QED) is 0.323. The van der Waals surface area contributed by atoms with Crippen LogP contribution >= 0.6 is 0 Å². The Morgan fingerprint density at radius 3 is 2.37 bits per heavy atom. The summed E-state index contributed by atoms with van der Waals surface area (Å²) in [6.45, 7) is -1.09. The van der Waals surface area contributed by atoms with E-state index in [1.165, 1.54) is 16.7 Å². The van der Waals surface area contributed by atoms with Crippen molar-refractivity contribution >= 4 is 17.3 Å². The number of alkyl halides is 2. The number of benzene rings is 2. The lowest BCUT2D eigenvalue weighted by Crippen LogP contribution is -2.44. The summed E-state index contributed by atoms with van der Waals surface area (Å²) < 4.78 is 46.2. The van der Waals surface area contributed by atoms with E-state index in [9.17, 15) is 23.2 Å². The second-order valence-electron chi connectivity index (χ2n) is 10.7. The number of nitrogens with zero attached hydrogens (tertiary/aromatic N) is 3. The number of carbonyl (C=O) groups is 1. The number of rotatable bonds is 11. The third-order valence-electron chi connectivity index (χ3n) is 7.96. The van der Waals surface area contributed by atoms with Crippen LogP contribution in [0.15, 0.2) is 46.0 Å². The van der Waals surface area contributed by atoms with Crippen molar-refractivity contribution in [3.63, 3.8) is 0 Å². The first-order valence-corrected chi connectivity index (χ1v) is 14.1. The molecule has 1 aliphatic heterocycles. The first kappa shape index (κ1) is 28.6. The molecular weight excluding hydrogens is 536 g/mol. The fourth-order valence-corrected chi connectivity index (χ4v) is 5.75. The van der Waals surface area contributed by atoms with Gasteiger partial charge in [-0.25, -0.2) is 13.6 Å². The molecule has 0 spiro atoms. The van der Waals surface area contributed by atoms with E-state index in [-0.39, 0.29) is 29.8 Å². The van der Waals surface area contributed by atoms with Crippen LogP contribution in [-0.4, -0.2) is 66.2 Å². The molecule has 41 heavy (non-hydrogen) atoms. The number of aromatic nitrogens is 2. The third kappa shape index (κ3) is 6.08. The van der Waals surface area contributed by atoms with Crippen LogP contribution in [0, 0.1) is 0 Å². The monoisotopic (exact) mass is 571 g/mol. The average Bonchev–Trinajstić information content (AvgIpc) is 3.52. The molecule has 5 rings (SSSR count). The molecule has 2 heterocycles. The Morgan fingerprint density at radius 2 is 1.71 bits per heavy atom. The molecule has 220 valence electrons. The number of halogens is 2. The number of piperidine rings is 1. The zero-order valence-electron chi connectivity index (χ0n) is 23.1. The van der Waals surface area contributed by atoms with E-state index in [2.05, 4.69) is 0 Å². The van der Waals surface area contributed by atoms with Crippen molar-refractivity contribution < 1.29 is 27.8 Å². The van der Waals surface area contributed by atoms with Crippen LogP contribution in [0.1, 0.15) is 50.1 Å². The van der Waals surface area contributed by atoms with Crippen molar-refractivity contribution in [3.05, 3.63) is 62.8 Å². The lowest BCUT2D eigenvalue weighted by atomic mass is 10.0. The minimum Gasteiger partial charge on any atom is -0.493 e. The van der Waals surface area contributed by atoms with Crippen LogP contribution in [0.2, 0.25) is 0 Å². The lowest BCUT2D eigenvalue weighted by molar-refractivity contribution is -0.119. The molecule has 0 radical (unpaired) electrons. The number of ether oxygens (including phenoxy) is 3. The molecule has 11 heteroatoms. The van der Waals surface area contributed by atoms with Gasteiger partial charge in [-0.2, -0.15) is 0 Å². The zero-order chi connectivity index (χ0) is 28.9. The average molecular weight is 572 g/mol. The van der Waals surface area contributed by atoms with Crippen LogP contribution < -0.4 is 25.5 Å². The van der Waals surface area contributed by atoms with Crippen LogP contribution in [0.25, 0.3) is 10.9 Å². The first-order valence-electron chi connectivity index (χ1n) is 14.1. The number of likely N-dealkylation sites (tertiary alicyclic amines) is 1. The summed E-state index contributed by atoms with van der Waals surface area (Å²) in [5, 5.41) is 0.201. The zero-order valence-corrected chi connectivity index (χ0v) is 23.1. The molecule has 1 aliphatic carbocycles. The van der Waals surface area contributed by atoms with Gasteiger partial charge in [-0.1, -0.05) is 6.07 Å². The van der Waals surface area contributed by atoms with E-state index >= 15 is 0 Å². The second kappa shape index (κ2) is 12.7. The molecule has 0 N–H and O–H groups in total. The highest BCUT2D eigenvalue weighted by molar-refractivity contribution is 5.80. The smallest absolute Gasteiger partial charge is 0.332 e. The maximum atomic E-state index is 14.0. The molecular formula is C30H35F2N3O6. The highest BCUT2D eigenvalue weighted by Crippen LogP contribution is 2.33. The van der Waals surface area contributed by atoms with Gasteiger partial charge in [0.05, 0.1) is 30.7 Å². The summed E-state index contributed by atoms with van der Waals surface area (Å²) in [5.41, 5.74) is 0.0792. The van der Waals surface area contributed by atoms with Crippen molar-refractivity contribution in [2.24, 2.45) is 0 Å². The summed E-state index contributed by atoms with van der Waals surface area (Å²) >= 11 is 0. The molecule has 1 saturated carbocycles. The molecule has 0 atom stereocenters. The highest BCUT2D eigenvalue weighted by atomic mass is 19.1. The standard InChI is InChI=1S/C30H35F2N3O6/c1-39-27-9-6-20(14-28(27)41-22-4-2-3-5-22)18-34-29(37)25-15-23(40-24(16-31)17-32)7-8-26(25)35(30(34)38)21-10-12-33(19-36)13-11-21/h6-9,14-15,19,21-22,24H,2-5,10-13,16-18H2,1H3. The van der Waals surface area contributed by atoms with Crippen molar-refractivity contribution in [1.29, 1.82) is 0 Å².